The van der Waals surface area contributed by atoms with E-state index in [0.717, 1.165) is 5.92 Å². The maximum atomic E-state index is 4.10. The highest BCUT2D eigenvalue weighted by atomic mass is 15.3. The van der Waals surface area contributed by atoms with Crippen LogP contribution in [0, 0.1) is 5.92 Å². The van der Waals surface area contributed by atoms with Crippen LogP contribution >= 0.6 is 0 Å². The summed E-state index contributed by atoms with van der Waals surface area (Å²) in [6.07, 6.45) is 2.69. The van der Waals surface area contributed by atoms with E-state index in [1.165, 1.54) is 38.2 Å². The lowest BCUT2D eigenvalue weighted by molar-refractivity contribution is 0.0651. The highest BCUT2D eigenvalue weighted by molar-refractivity contribution is 4.98. The summed E-state index contributed by atoms with van der Waals surface area (Å²) < 4.78 is 0. The Bertz CT molecular complexity index is 235. The summed E-state index contributed by atoms with van der Waals surface area (Å²) in [5.74, 6) is 0.835. The summed E-state index contributed by atoms with van der Waals surface area (Å²) >= 11 is 0. The Morgan fingerprint density at radius 3 is 2.18 bits per heavy atom. The molecule has 0 aromatic heterocycles. The molecule has 0 aromatic rings. The smallest absolute Gasteiger partial charge is 0.0389 e. The number of nitrogens with zero attached hydrogens (tertiary/aromatic N) is 2. The highest BCUT2D eigenvalue weighted by Gasteiger charge is 2.28. The molecule has 0 radical (unpaired) electrons. The molecule has 100 valence electrons. The zero-order chi connectivity index (χ0) is 13.0. The van der Waals surface area contributed by atoms with Gasteiger partial charge in [0, 0.05) is 30.9 Å². The maximum Gasteiger partial charge on any atom is 0.0389 e. The Morgan fingerprint density at radius 2 is 1.76 bits per heavy atom. The fraction of sp³-hybridized carbons (Fsp3) is 0.867. The lowest BCUT2D eigenvalue weighted by Gasteiger charge is -2.46. The lowest BCUT2D eigenvalue weighted by atomic mass is 10.0. The molecule has 1 rings (SSSR count). The first-order chi connectivity index (χ1) is 7.91. The molecule has 2 nitrogen and oxygen atoms in total. The predicted octanol–water partition coefficient (Wildman–Crippen LogP) is 3.35. The van der Waals surface area contributed by atoms with Gasteiger partial charge in [-0.2, -0.15) is 0 Å². The van der Waals surface area contributed by atoms with Gasteiger partial charge in [-0.25, -0.2) is 0 Å². The van der Waals surface area contributed by atoms with Gasteiger partial charge in [-0.15, -0.1) is 0 Å². The highest BCUT2D eigenvalue weighted by Crippen LogP contribution is 2.20. The third kappa shape index (κ3) is 4.34. The summed E-state index contributed by atoms with van der Waals surface area (Å²) in [7, 11) is 0. The summed E-state index contributed by atoms with van der Waals surface area (Å²) in [6, 6.07) is 1.21. The third-order valence-corrected chi connectivity index (χ3v) is 3.69. The van der Waals surface area contributed by atoms with Gasteiger partial charge in [0.05, 0.1) is 0 Å². The lowest BCUT2D eigenvalue weighted by Crippen LogP contribution is -2.55. The van der Waals surface area contributed by atoms with Crippen LogP contribution in [0.4, 0.5) is 0 Å². The van der Waals surface area contributed by atoms with Gasteiger partial charge >= 0.3 is 0 Å². The van der Waals surface area contributed by atoms with Crippen LogP contribution in [0.3, 0.4) is 0 Å². The molecule has 1 aliphatic rings. The van der Waals surface area contributed by atoms with Gasteiger partial charge in [0.25, 0.3) is 0 Å². The zero-order valence-electron chi connectivity index (χ0n) is 12.4. The summed E-state index contributed by atoms with van der Waals surface area (Å²) in [6.45, 7) is 19.1. The molecule has 2 atom stereocenters. The Hall–Kier alpha value is -0.500. The molecule has 2 heteroatoms. The van der Waals surface area contributed by atoms with Gasteiger partial charge in [-0.1, -0.05) is 20.4 Å². The van der Waals surface area contributed by atoms with E-state index in [2.05, 4.69) is 51.0 Å². The van der Waals surface area contributed by atoms with Crippen molar-refractivity contribution < 1.29 is 0 Å². The molecular weight excluding hydrogens is 208 g/mol. The minimum Gasteiger partial charge on any atom is -0.368 e. The van der Waals surface area contributed by atoms with E-state index in [4.69, 9.17) is 0 Å². The number of rotatable bonds is 5. The summed E-state index contributed by atoms with van der Waals surface area (Å²) in [5, 5.41) is 0. The van der Waals surface area contributed by atoms with Crippen molar-refractivity contribution in [2.45, 2.75) is 59.5 Å². The topological polar surface area (TPSA) is 6.48 Å². The van der Waals surface area contributed by atoms with E-state index in [-0.39, 0.29) is 0 Å². The second kappa shape index (κ2) is 6.44. The molecule has 1 fully saturated rings. The van der Waals surface area contributed by atoms with Crippen molar-refractivity contribution >= 4 is 0 Å². The SMILES string of the molecule is C=C(C)N1[C@H](C)CN(CCCC(C)C)C[C@@H]1C. The molecule has 0 amide bonds. The first-order valence-electron chi connectivity index (χ1n) is 7.08. The second-order valence-corrected chi connectivity index (χ2v) is 6.14. The van der Waals surface area contributed by atoms with Crippen molar-refractivity contribution in [3.8, 4) is 0 Å². The van der Waals surface area contributed by atoms with Gasteiger partial charge < -0.3 is 4.90 Å². The molecule has 1 saturated heterocycles. The standard InChI is InChI=1S/C15H30N2/c1-12(2)8-7-9-16-10-14(5)17(13(3)4)15(6)11-16/h12,14-15H,3,7-11H2,1-2,4-6H3/t14-,15+. The zero-order valence-corrected chi connectivity index (χ0v) is 12.4. The quantitative estimate of drug-likeness (QED) is 0.725. The molecule has 0 aliphatic carbocycles. The van der Waals surface area contributed by atoms with E-state index in [9.17, 15) is 0 Å². The minimum absolute atomic E-state index is 0.607. The molecule has 0 bridgehead atoms. The third-order valence-electron chi connectivity index (χ3n) is 3.69. The first kappa shape index (κ1) is 14.6. The van der Waals surface area contributed by atoms with Gasteiger partial charge in [-0.3, -0.25) is 4.90 Å². The average molecular weight is 238 g/mol. The van der Waals surface area contributed by atoms with Crippen LogP contribution in [0.25, 0.3) is 0 Å². The van der Waals surface area contributed by atoms with E-state index < -0.39 is 0 Å². The Balaban J connectivity index is 2.40. The average Bonchev–Trinajstić information content (AvgIpc) is 2.14. The van der Waals surface area contributed by atoms with Crippen LogP contribution in [0.5, 0.6) is 0 Å². The molecule has 0 N–H and O–H groups in total. The van der Waals surface area contributed by atoms with Crippen LogP contribution in [0.1, 0.15) is 47.5 Å². The van der Waals surface area contributed by atoms with Crippen molar-refractivity contribution in [1.29, 1.82) is 0 Å². The number of hydrogen-bond acceptors (Lipinski definition) is 2. The predicted molar refractivity (Wildman–Crippen MR) is 76.1 cm³/mol. The van der Waals surface area contributed by atoms with Crippen LogP contribution < -0.4 is 0 Å². The van der Waals surface area contributed by atoms with Crippen molar-refractivity contribution in [2.75, 3.05) is 19.6 Å². The molecular formula is C15H30N2. The number of hydrogen-bond donors (Lipinski definition) is 0. The van der Waals surface area contributed by atoms with Crippen LogP contribution in [-0.4, -0.2) is 41.5 Å². The van der Waals surface area contributed by atoms with Crippen molar-refractivity contribution in [3.05, 3.63) is 12.3 Å². The molecule has 0 unspecified atom stereocenters. The Labute approximate surface area is 108 Å². The fourth-order valence-corrected chi connectivity index (χ4v) is 3.09. The van der Waals surface area contributed by atoms with E-state index >= 15 is 0 Å². The van der Waals surface area contributed by atoms with Crippen molar-refractivity contribution in [3.63, 3.8) is 0 Å². The summed E-state index contributed by atoms with van der Waals surface area (Å²) in [4.78, 5) is 5.09. The largest absolute Gasteiger partial charge is 0.368 e. The maximum absolute atomic E-state index is 4.10. The Morgan fingerprint density at radius 1 is 1.24 bits per heavy atom. The molecule has 0 aromatic carbocycles. The van der Waals surface area contributed by atoms with Crippen LogP contribution in [0.2, 0.25) is 0 Å². The van der Waals surface area contributed by atoms with E-state index in [1.54, 1.807) is 0 Å². The Kier molecular flexibility index (Phi) is 5.51. The van der Waals surface area contributed by atoms with E-state index in [1.807, 2.05) is 0 Å². The molecule has 0 saturated carbocycles. The number of piperazine rings is 1. The van der Waals surface area contributed by atoms with Crippen molar-refractivity contribution in [2.24, 2.45) is 5.92 Å². The summed E-state index contributed by atoms with van der Waals surface area (Å²) in [5.41, 5.74) is 1.21. The molecule has 1 heterocycles. The van der Waals surface area contributed by atoms with Gasteiger partial charge in [-0.05, 0) is 46.1 Å². The minimum atomic E-state index is 0.607. The number of allylic oxidation sites excluding steroid dienone is 1. The first-order valence-corrected chi connectivity index (χ1v) is 7.08. The molecule has 17 heavy (non-hydrogen) atoms. The van der Waals surface area contributed by atoms with Gasteiger partial charge in [0.1, 0.15) is 0 Å². The van der Waals surface area contributed by atoms with Gasteiger partial charge in [0.2, 0.25) is 0 Å². The fourth-order valence-electron chi connectivity index (χ4n) is 3.09. The van der Waals surface area contributed by atoms with Crippen molar-refractivity contribution in [1.82, 2.24) is 9.80 Å². The monoisotopic (exact) mass is 238 g/mol. The van der Waals surface area contributed by atoms with E-state index in [0.29, 0.717) is 12.1 Å². The molecule has 1 aliphatic heterocycles. The van der Waals surface area contributed by atoms with Crippen LogP contribution in [0.15, 0.2) is 12.3 Å². The van der Waals surface area contributed by atoms with Crippen LogP contribution in [-0.2, 0) is 0 Å². The normalized spacial score (nSPS) is 26.6. The second-order valence-electron chi connectivity index (χ2n) is 6.14. The molecule has 0 spiro atoms. The van der Waals surface area contributed by atoms with Gasteiger partial charge in [0.15, 0.2) is 0 Å².